The smallest absolute Gasteiger partial charge is 0.303 e. The lowest BCUT2D eigenvalue weighted by Gasteiger charge is -2.27. The second-order valence-electron chi connectivity index (χ2n) is 9.53. The average Bonchev–Trinajstić information content (AvgIpc) is 3.64. The number of anilines is 1. The Morgan fingerprint density at radius 1 is 1.22 bits per heavy atom. The lowest BCUT2D eigenvalue weighted by molar-refractivity contribution is -0.137. The van der Waals surface area contributed by atoms with Crippen molar-refractivity contribution in [1.29, 1.82) is 5.26 Å². The fourth-order valence-electron chi connectivity index (χ4n) is 5.23. The summed E-state index contributed by atoms with van der Waals surface area (Å²) in [4.78, 5) is 28.7. The molecule has 2 aromatic carbocycles. The monoisotopic (exact) mass is 497 g/mol. The summed E-state index contributed by atoms with van der Waals surface area (Å²) in [7, 11) is 1.58. The van der Waals surface area contributed by atoms with Crippen LogP contribution in [0.1, 0.15) is 42.4 Å². The number of aliphatic carboxylic acids is 1. The van der Waals surface area contributed by atoms with Crippen molar-refractivity contribution in [2.45, 2.75) is 37.5 Å². The van der Waals surface area contributed by atoms with Crippen molar-refractivity contribution in [3.05, 3.63) is 71.4 Å². The first kappa shape index (κ1) is 24.3. The van der Waals surface area contributed by atoms with Crippen LogP contribution in [0.15, 0.2) is 54.7 Å². The van der Waals surface area contributed by atoms with Crippen molar-refractivity contribution in [3.63, 3.8) is 0 Å². The highest BCUT2D eigenvalue weighted by atomic mass is 16.5. The third-order valence-electron chi connectivity index (χ3n) is 7.33. The van der Waals surface area contributed by atoms with Gasteiger partial charge in [0, 0.05) is 46.8 Å². The Kier molecular flexibility index (Phi) is 6.53. The number of carbonyl (C=O) groups is 2. The zero-order chi connectivity index (χ0) is 26.0. The van der Waals surface area contributed by atoms with Crippen LogP contribution in [0.25, 0.3) is 11.1 Å². The van der Waals surface area contributed by atoms with Gasteiger partial charge in [-0.05, 0) is 67.1 Å². The molecule has 2 N–H and O–H groups in total. The number of nitriles is 1. The number of pyridine rings is 1. The van der Waals surface area contributed by atoms with Gasteiger partial charge in [-0.2, -0.15) is 5.26 Å². The molecule has 1 aliphatic carbocycles. The van der Waals surface area contributed by atoms with E-state index in [0.717, 1.165) is 34.4 Å². The number of nitrogens with one attached hydrogen (secondary N) is 1. The molecule has 1 aromatic heterocycles. The van der Waals surface area contributed by atoms with E-state index < -0.39 is 5.97 Å². The average molecular weight is 498 g/mol. The van der Waals surface area contributed by atoms with Crippen molar-refractivity contribution in [3.8, 4) is 28.8 Å². The van der Waals surface area contributed by atoms with Gasteiger partial charge < -0.3 is 19.9 Å². The van der Waals surface area contributed by atoms with Crippen LogP contribution >= 0.6 is 0 Å². The van der Waals surface area contributed by atoms with E-state index in [1.807, 2.05) is 24.3 Å². The third-order valence-corrected chi connectivity index (χ3v) is 7.33. The number of benzene rings is 2. The minimum absolute atomic E-state index is 0.0436. The number of hydrogen-bond acceptors (Lipinski definition) is 6. The molecule has 1 aliphatic heterocycles. The predicted octanol–water partition coefficient (Wildman–Crippen LogP) is 4.72. The molecule has 0 radical (unpaired) electrons. The number of methoxy groups -OCH3 is 1. The van der Waals surface area contributed by atoms with E-state index in [1.165, 1.54) is 0 Å². The van der Waals surface area contributed by atoms with Crippen molar-refractivity contribution >= 4 is 17.6 Å². The summed E-state index contributed by atoms with van der Waals surface area (Å²) in [5.74, 6) is 0.161. The SMILES string of the molecule is COc1ccc(-c2ccc3c(c2)C2(CCO3)C[C@H]2C(=O)Nc2cc(C#N)ccc2CCCC(=O)O)cn1. The van der Waals surface area contributed by atoms with Crippen molar-refractivity contribution in [2.75, 3.05) is 19.0 Å². The van der Waals surface area contributed by atoms with Crippen LogP contribution in [0, 0.1) is 17.2 Å². The lowest BCUT2D eigenvalue weighted by atomic mass is 9.85. The van der Waals surface area contributed by atoms with Gasteiger partial charge in [0.2, 0.25) is 11.8 Å². The maximum atomic E-state index is 13.5. The van der Waals surface area contributed by atoms with Crippen LogP contribution in [-0.2, 0) is 21.4 Å². The highest BCUT2D eigenvalue weighted by molar-refractivity contribution is 5.97. The van der Waals surface area contributed by atoms with E-state index >= 15 is 0 Å². The number of aryl methyl sites for hydroxylation is 1. The van der Waals surface area contributed by atoms with Gasteiger partial charge in [-0.3, -0.25) is 9.59 Å². The van der Waals surface area contributed by atoms with Crippen LogP contribution in [0.2, 0.25) is 0 Å². The number of amides is 1. The fraction of sp³-hybridized carbons (Fsp3) is 0.310. The summed E-state index contributed by atoms with van der Waals surface area (Å²) in [5, 5.41) is 21.4. The molecule has 37 heavy (non-hydrogen) atoms. The van der Waals surface area contributed by atoms with Crippen molar-refractivity contribution < 1.29 is 24.2 Å². The minimum Gasteiger partial charge on any atom is -0.493 e. The summed E-state index contributed by atoms with van der Waals surface area (Å²) in [5.41, 5.74) is 4.50. The van der Waals surface area contributed by atoms with E-state index in [1.54, 1.807) is 31.5 Å². The Morgan fingerprint density at radius 2 is 2.05 bits per heavy atom. The van der Waals surface area contributed by atoms with E-state index in [2.05, 4.69) is 22.4 Å². The highest BCUT2D eigenvalue weighted by Gasteiger charge is 2.61. The number of rotatable bonds is 8. The molecular formula is C29H27N3O5. The van der Waals surface area contributed by atoms with Gasteiger partial charge in [0.1, 0.15) is 5.75 Å². The maximum Gasteiger partial charge on any atom is 0.303 e. The number of nitrogens with zero attached hydrogens (tertiary/aromatic N) is 2. The molecular weight excluding hydrogens is 470 g/mol. The zero-order valence-corrected chi connectivity index (χ0v) is 20.5. The Balaban J connectivity index is 1.38. The predicted molar refractivity (Wildman–Crippen MR) is 136 cm³/mol. The number of carboxylic acid groups (broad SMARTS) is 1. The summed E-state index contributed by atoms with van der Waals surface area (Å²) in [6.45, 7) is 0.546. The Labute approximate surface area is 214 Å². The van der Waals surface area contributed by atoms with Gasteiger partial charge in [0.25, 0.3) is 0 Å². The van der Waals surface area contributed by atoms with E-state index in [9.17, 15) is 14.9 Å². The molecule has 2 heterocycles. The van der Waals surface area contributed by atoms with E-state index in [0.29, 0.717) is 43.0 Å². The molecule has 1 unspecified atom stereocenters. The first-order valence-corrected chi connectivity index (χ1v) is 12.3. The van der Waals surface area contributed by atoms with Crippen LogP contribution in [0.4, 0.5) is 5.69 Å². The number of carboxylic acids is 1. The number of hydrogen-bond donors (Lipinski definition) is 2. The Morgan fingerprint density at radius 3 is 2.78 bits per heavy atom. The Bertz CT molecular complexity index is 1400. The molecule has 8 heteroatoms. The maximum absolute atomic E-state index is 13.5. The van der Waals surface area contributed by atoms with E-state index in [4.69, 9.17) is 14.6 Å². The van der Waals surface area contributed by atoms with Gasteiger partial charge >= 0.3 is 5.97 Å². The van der Waals surface area contributed by atoms with Crippen molar-refractivity contribution in [2.24, 2.45) is 5.92 Å². The van der Waals surface area contributed by atoms with Crippen LogP contribution in [-0.4, -0.2) is 35.7 Å². The molecule has 188 valence electrons. The molecule has 2 aliphatic rings. The molecule has 3 aromatic rings. The van der Waals surface area contributed by atoms with Crippen LogP contribution in [0.5, 0.6) is 11.6 Å². The molecule has 0 saturated heterocycles. The van der Waals surface area contributed by atoms with Crippen LogP contribution in [0.3, 0.4) is 0 Å². The largest absolute Gasteiger partial charge is 0.493 e. The molecule has 0 bridgehead atoms. The number of aromatic nitrogens is 1. The molecule has 1 saturated carbocycles. The minimum atomic E-state index is -0.859. The summed E-state index contributed by atoms with van der Waals surface area (Å²) < 4.78 is 11.1. The third kappa shape index (κ3) is 4.85. The van der Waals surface area contributed by atoms with Crippen molar-refractivity contribution in [1.82, 2.24) is 4.98 Å². The van der Waals surface area contributed by atoms with Gasteiger partial charge in [-0.1, -0.05) is 12.1 Å². The second-order valence-corrected chi connectivity index (χ2v) is 9.53. The zero-order valence-electron chi connectivity index (χ0n) is 20.5. The summed E-state index contributed by atoms with van der Waals surface area (Å²) in [6.07, 6.45) is 4.21. The topological polar surface area (TPSA) is 122 Å². The van der Waals surface area contributed by atoms with Gasteiger partial charge in [0.15, 0.2) is 0 Å². The van der Waals surface area contributed by atoms with Gasteiger partial charge in [0.05, 0.1) is 25.3 Å². The molecule has 2 atom stereocenters. The molecule has 1 spiro atoms. The number of fused-ring (bicyclic) bond motifs is 2. The first-order valence-electron chi connectivity index (χ1n) is 12.3. The quantitative estimate of drug-likeness (QED) is 0.462. The fourth-order valence-corrected chi connectivity index (χ4v) is 5.23. The van der Waals surface area contributed by atoms with Gasteiger partial charge in [-0.15, -0.1) is 0 Å². The van der Waals surface area contributed by atoms with Crippen LogP contribution < -0.4 is 14.8 Å². The van der Waals surface area contributed by atoms with Gasteiger partial charge in [-0.25, -0.2) is 4.98 Å². The highest BCUT2D eigenvalue weighted by Crippen LogP contribution is 2.61. The second kappa shape index (κ2) is 9.94. The lowest BCUT2D eigenvalue weighted by Crippen LogP contribution is -2.27. The summed E-state index contributed by atoms with van der Waals surface area (Å²) in [6, 6.07) is 17.1. The first-order chi connectivity index (χ1) is 17.9. The summed E-state index contributed by atoms with van der Waals surface area (Å²) >= 11 is 0. The molecule has 1 amide bonds. The van der Waals surface area contributed by atoms with E-state index in [-0.39, 0.29) is 23.7 Å². The number of ether oxygens (including phenoxy) is 2. The Hall–Kier alpha value is -4.38. The molecule has 1 fully saturated rings. The standard InChI is InChI=1S/C29H27N3O5/c1-36-26-10-8-21(17-31-26)20-7-9-25-22(14-20)29(11-12-37-25)15-23(29)28(35)32-24-13-18(16-30)5-6-19(24)3-2-4-27(33)34/h5-10,13-14,17,23H,2-4,11-12,15H2,1H3,(H,32,35)(H,33,34)/t23-,29?/m0/s1. The molecule has 8 nitrogen and oxygen atoms in total. The number of carbonyl (C=O) groups excluding carboxylic acids is 1. The molecule has 5 rings (SSSR count). The normalized spacial score (nSPS) is 19.3.